The molecule has 0 N–H and O–H groups in total. The first-order valence-corrected chi connectivity index (χ1v) is 11.2. The number of hydrogen-bond acceptors (Lipinski definition) is 4. The van der Waals surface area contributed by atoms with E-state index in [0.717, 1.165) is 27.8 Å². The minimum absolute atomic E-state index is 0.0515. The smallest absolute Gasteiger partial charge is 0.227 e. The number of anilines is 1. The highest BCUT2D eigenvalue weighted by molar-refractivity contribution is 6.30. The van der Waals surface area contributed by atoms with Crippen LogP contribution in [0.5, 0.6) is 0 Å². The van der Waals surface area contributed by atoms with Crippen molar-refractivity contribution in [2.75, 3.05) is 31.1 Å². The van der Waals surface area contributed by atoms with Crippen molar-refractivity contribution in [3.63, 3.8) is 0 Å². The molecule has 1 aliphatic heterocycles. The number of hydrogen-bond donors (Lipinski definition) is 0. The molecule has 0 spiro atoms. The van der Waals surface area contributed by atoms with E-state index in [1.165, 1.54) is 12.1 Å². The highest BCUT2D eigenvalue weighted by Gasteiger charge is 2.24. The number of piperazine rings is 1. The second kappa shape index (κ2) is 9.16. The Hall–Kier alpha value is -3.51. The Bertz CT molecular complexity index is 1290. The van der Waals surface area contributed by atoms with E-state index in [1.54, 1.807) is 12.1 Å². The molecule has 1 saturated heterocycles. The van der Waals surface area contributed by atoms with Gasteiger partial charge in [-0.05, 0) is 54.1 Å². The van der Waals surface area contributed by atoms with Crippen LogP contribution in [0.25, 0.3) is 22.3 Å². The number of carbonyl (C=O) groups excluding carboxylic acids is 1. The molecule has 5 nitrogen and oxygen atoms in total. The summed E-state index contributed by atoms with van der Waals surface area (Å²) < 4.78 is 13.1. The Kier molecular flexibility index (Phi) is 5.92. The third kappa shape index (κ3) is 4.66. The van der Waals surface area contributed by atoms with Gasteiger partial charge in [-0.15, -0.1) is 0 Å². The Morgan fingerprint density at radius 1 is 0.879 bits per heavy atom. The molecule has 7 heteroatoms. The second-order valence-corrected chi connectivity index (χ2v) is 8.50. The normalized spacial score (nSPS) is 14.0. The number of para-hydroxylation sites is 1. The molecule has 166 valence electrons. The fourth-order valence-corrected chi connectivity index (χ4v) is 4.21. The van der Waals surface area contributed by atoms with Gasteiger partial charge in [0.05, 0.1) is 11.9 Å². The molecule has 0 bridgehead atoms. The molecule has 1 fully saturated rings. The fourth-order valence-electron chi connectivity index (χ4n) is 4.09. The van der Waals surface area contributed by atoms with Gasteiger partial charge in [-0.3, -0.25) is 4.79 Å². The fraction of sp³-hybridized carbons (Fsp3) is 0.192. The maximum atomic E-state index is 13.1. The SMILES string of the molecule is O=C(Cc1ccc(F)cc1)N1CCN(c2nc(-c3ccc(Cl)cc3)nc3ccccc23)CC1. The molecule has 0 radical (unpaired) electrons. The van der Waals surface area contributed by atoms with Crippen molar-refractivity contribution >= 4 is 34.2 Å². The van der Waals surface area contributed by atoms with Crippen molar-refractivity contribution in [1.29, 1.82) is 0 Å². The zero-order valence-electron chi connectivity index (χ0n) is 17.9. The van der Waals surface area contributed by atoms with Crippen molar-refractivity contribution < 1.29 is 9.18 Å². The largest absolute Gasteiger partial charge is 0.352 e. The lowest BCUT2D eigenvalue weighted by Gasteiger charge is -2.36. The van der Waals surface area contributed by atoms with E-state index in [9.17, 15) is 9.18 Å². The number of rotatable bonds is 4. The van der Waals surface area contributed by atoms with Crippen LogP contribution >= 0.6 is 11.6 Å². The quantitative estimate of drug-likeness (QED) is 0.431. The maximum absolute atomic E-state index is 13.1. The van der Waals surface area contributed by atoms with E-state index >= 15 is 0 Å². The molecule has 1 aromatic heterocycles. The van der Waals surface area contributed by atoms with Gasteiger partial charge in [-0.25, -0.2) is 14.4 Å². The first kappa shape index (κ1) is 21.3. The predicted molar refractivity (Wildman–Crippen MR) is 129 cm³/mol. The van der Waals surface area contributed by atoms with Crippen LogP contribution in [0, 0.1) is 5.82 Å². The van der Waals surface area contributed by atoms with E-state index in [2.05, 4.69) is 4.90 Å². The lowest BCUT2D eigenvalue weighted by Crippen LogP contribution is -2.49. The average Bonchev–Trinajstić information content (AvgIpc) is 2.85. The number of nitrogens with zero attached hydrogens (tertiary/aromatic N) is 4. The van der Waals surface area contributed by atoms with E-state index in [0.29, 0.717) is 37.0 Å². The summed E-state index contributed by atoms with van der Waals surface area (Å²) in [4.78, 5) is 26.5. The van der Waals surface area contributed by atoms with Crippen LogP contribution in [0.4, 0.5) is 10.2 Å². The first-order chi connectivity index (χ1) is 16.1. The van der Waals surface area contributed by atoms with Gasteiger partial charge in [-0.2, -0.15) is 0 Å². The number of aromatic nitrogens is 2. The molecule has 0 saturated carbocycles. The predicted octanol–water partition coefficient (Wildman–Crippen LogP) is 4.98. The Balaban J connectivity index is 1.36. The molecule has 0 unspecified atom stereocenters. The number of carbonyl (C=O) groups is 1. The Labute approximate surface area is 196 Å². The molecule has 0 aliphatic carbocycles. The summed E-state index contributed by atoms with van der Waals surface area (Å²) in [5, 5.41) is 1.66. The van der Waals surface area contributed by atoms with E-state index < -0.39 is 0 Å². The summed E-state index contributed by atoms with van der Waals surface area (Å²) in [6.07, 6.45) is 0.275. The monoisotopic (exact) mass is 460 g/mol. The van der Waals surface area contributed by atoms with Gasteiger partial charge in [0, 0.05) is 42.2 Å². The lowest BCUT2D eigenvalue weighted by atomic mass is 10.1. The summed E-state index contributed by atoms with van der Waals surface area (Å²) in [5.74, 6) is 1.27. The third-order valence-electron chi connectivity index (χ3n) is 5.89. The molecule has 2 heterocycles. The van der Waals surface area contributed by atoms with Crippen LogP contribution in [-0.4, -0.2) is 47.0 Å². The van der Waals surface area contributed by atoms with Gasteiger partial charge in [0.25, 0.3) is 0 Å². The molecule has 3 aromatic carbocycles. The van der Waals surface area contributed by atoms with Gasteiger partial charge in [0.15, 0.2) is 5.82 Å². The molecule has 1 aliphatic rings. The summed E-state index contributed by atoms with van der Waals surface area (Å²) in [7, 11) is 0. The van der Waals surface area contributed by atoms with Crippen molar-refractivity contribution in [3.05, 3.63) is 89.2 Å². The minimum Gasteiger partial charge on any atom is -0.352 e. The molecule has 5 rings (SSSR count). The highest BCUT2D eigenvalue weighted by atomic mass is 35.5. The van der Waals surface area contributed by atoms with Gasteiger partial charge < -0.3 is 9.80 Å². The molecular formula is C26H22ClFN4O. The zero-order chi connectivity index (χ0) is 22.8. The molecular weight excluding hydrogens is 439 g/mol. The van der Waals surface area contributed by atoms with Crippen LogP contribution in [-0.2, 0) is 11.2 Å². The highest BCUT2D eigenvalue weighted by Crippen LogP contribution is 2.29. The van der Waals surface area contributed by atoms with Crippen LogP contribution in [0.2, 0.25) is 5.02 Å². The standard InChI is InChI=1S/C26H22ClFN4O/c27-20-9-7-19(8-10-20)25-29-23-4-2-1-3-22(23)26(30-25)32-15-13-31(14-16-32)24(33)17-18-5-11-21(28)12-6-18/h1-12H,13-17H2. The molecule has 4 aromatic rings. The van der Waals surface area contributed by atoms with Crippen LogP contribution in [0.15, 0.2) is 72.8 Å². The zero-order valence-corrected chi connectivity index (χ0v) is 18.7. The third-order valence-corrected chi connectivity index (χ3v) is 6.14. The summed E-state index contributed by atoms with van der Waals surface area (Å²) >= 11 is 6.05. The molecule has 33 heavy (non-hydrogen) atoms. The van der Waals surface area contributed by atoms with Crippen molar-refractivity contribution in [3.8, 4) is 11.4 Å². The van der Waals surface area contributed by atoms with E-state index in [4.69, 9.17) is 21.6 Å². The molecule has 1 amide bonds. The summed E-state index contributed by atoms with van der Waals surface area (Å²) in [6, 6.07) is 21.6. The number of benzene rings is 3. The minimum atomic E-state index is -0.296. The number of amides is 1. The van der Waals surface area contributed by atoms with Crippen LogP contribution in [0.1, 0.15) is 5.56 Å². The van der Waals surface area contributed by atoms with Crippen molar-refractivity contribution in [2.24, 2.45) is 0 Å². The van der Waals surface area contributed by atoms with Crippen molar-refractivity contribution in [2.45, 2.75) is 6.42 Å². The van der Waals surface area contributed by atoms with Gasteiger partial charge >= 0.3 is 0 Å². The van der Waals surface area contributed by atoms with Crippen LogP contribution < -0.4 is 4.90 Å². The first-order valence-electron chi connectivity index (χ1n) is 10.9. The summed E-state index contributed by atoms with van der Waals surface area (Å²) in [6.45, 7) is 2.57. The van der Waals surface area contributed by atoms with E-state index in [1.807, 2.05) is 53.4 Å². The second-order valence-electron chi connectivity index (χ2n) is 8.07. The average molecular weight is 461 g/mol. The van der Waals surface area contributed by atoms with Gasteiger partial charge in [0.1, 0.15) is 11.6 Å². The molecule has 0 atom stereocenters. The van der Waals surface area contributed by atoms with Gasteiger partial charge in [-0.1, -0.05) is 35.9 Å². The summed E-state index contributed by atoms with van der Waals surface area (Å²) in [5.41, 5.74) is 2.60. The number of fused-ring (bicyclic) bond motifs is 1. The van der Waals surface area contributed by atoms with E-state index in [-0.39, 0.29) is 18.1 Å². The van der Waals surface area contributed by atoms with Crippen molar-refractivity contribution in [1.82, 2.24) is 14.9 Å². The lowest BCUT2D eigenvalue weighted by molar-refractivity contribution is -0.130. The van der Waals surface area contributed by atoms with Gasteiger partial charge in [0.2, 0.25) is 5.91 Å². The Morgan fingerprint density at radius 3 is 2.30 bits per heavy atom. The Morgan fingerprint density at radius 2 is 1.58 bits per heavy atom. The van der Waals surface area contributed by atoms with Crippen LogP contribution in [0.3, 0.4) is 0 Å². The number of halogens is 2. The topological polar surface area (TPSA) is 49.3 Å². The maximum Gasteiger partial charge on any atom is 0.227 e.